The van der Waals surface area contributed by atoms with E-state index in [4.69, 9.17) is 9.97 Å². The van der Waals surface area contributed by atoms with Crippen molar-refractivity contribution in [1.82, 2.24) is 34.6 Å². The van der Waals surface area contributed by atoms with Gasteiger partial charge in [0.15, 0.2) is 0 Å². The number of nitrogens with one attached hydrogen (secondary N) is 2. The van der Waals surface area contributed by atoms with Crippen LogP contribution in [0.3, 0.4) is 0 Å². The number of carbonyl (C=O) groups excluding carboxylic acids is 4. The molecule has 0 radical (unpaired) electrons. The minimum Gasteiger partial charge on any atom is -0.368 e. The van der Waals surface area contributed by atoms with Crippen molar-refractivity contribution in [3.05, 3.63) is 65.6 Å². The van der Waals surface area contributed by atoms with Crippen molar-refractivity contribution in [3.8, 4) is 0 Å². The lowest BCUT2D eigenvalue weighted by Crippen LogP contribution is -2.59. The van der Waals surface area contributed by atoms with E-state index in [1.165, 1.54) is 5.56 Å². The summed E-state index contributed by atoms with van der Waals surface area (Å²) in [6, 6.07) is 12.0. The van der Waals surface area contributed by atoms with Gasteiger partial charge in [-0.05, 0) is 81.8 Å². The van der Waals surface area contributed by atoms with Crippen LogP contribution < -0.4 is 20.4 Å². The first-order valence-electron chi connectivity index (χ1n) is 19.6. The number of hydrogen-bond donors (Lipinski definition) is 2. The van der Waals surface area contributed by atoms with Crippen molar-refractivity contribution in [3.63, 3.8) is 0 Å². The van der Waals surface area contributed by atoms with Crippen LogP contribution in [0.4, 0.5) is 23.1 Å². The number of imide groups is 1. The molecule has 3 aromatic heterocycles. The van der Waals surface area contributed by atoms with Gasteiger partial charge in [0, 0.05) is 81.3 Å². The van der Waals surface area contributed by atoms with E-state index in [1.807, 2.05) is 44.3 Å². The number of fused-ring (bicyclic) bond motifs is 2. The van der Waals surface area contributed by atoms with Crippen molar-refractivity contribution in [2.45, 2.75) is 88.3 Å². The minimum absolute atomic E-state index is 0.0297. The molecule has 1 saturated carbocycles. The van der Waals surface area contributed by atoms with Gasteiger partial charge in [0.25, 0.3) is 5.91 Å². The zero-order chi connectivity index (χ0) is 38.2. The van der Waals surface area contributed by atoms with Gasteiger partial charge in [-0.1, -0.05) is 25.0 Å². The van der Waals surface area contributed by atoms with Crippen LogP contribution >= 0.6 is 0 Å². The molecule has 14 heteroatoms. The lowest BCUT2D eigenvalue weighted by atomic mass is 9.84. The average Bonchev–Trinajstić information content (AvgIpc) is 3.95. The number of anilines is 4. The molecule has 55 heavy (non-hydrogen) atoms. The van der Waals surface area contributed by atoms with Crippen LogP contribution in [0, 0.1) is 0 Å². The molecule has 4 amide bonds. The average molecular weight is 745 g/mol. The number of carbonyl (C=O) groups is 4. The number of rotatable bonds is 8. The number of likely N-dealkylation sites (tertiary alicyclic amines) is 1. The highest BCUT2D eigenvalue weighted by Crippen LogP contribution is 2.49. The fourth-order valence-electron chi connectivity index (χ4n) is 9.49. The summed E-state index contributed by atoms with van der Waals surface area (Å²) in [4.78, 5) is 73.9. The Morgan fingerprint density at radius 1 is 0.927 bits per heavy atom. The third-order valence-electron chi connectivity index (χ3n) is 12.5. The van der Waals surface area contributed by atoms with E-state index in [-0.39, 0.29) is 30.2 Å². The molecule has 2 N–H and O–H groups in total. The molecule has 14 nitrogen and oxygen atoms in total. The van der Waals surface area contributed by atoms with Gasteiger partial charge >= 0.3 is 0 Å². The third-order valence-corrected chi connectivity index (χ3v) is 12.5. The highest BCUT2D eigenvalue weighted by atomic mass is 16.2. The fourth-order valence-corrected chi connectivity index (χ4v) is 9.49. The van der Waals surface area contributed by atoms with Crippen LogP contribution in [-0.4, -0.2) is 105 Å². The maximum Gasteiger partial charge on any atom is 0.270 e. The Hall–Kier alpha value is -5.37. The van der Waals surface area contributed by atoms with E-state index in [0.717, 1.165) is 86.3 Å². The highest BCUT2D eigenvalue weighted by Gasteiger charge is 2.51. The van der Waals surface area contributed by atoms with Crippen LogP contribution in [0.5, 0.6) is 0 Å². The first-order valence-corrected chi connectivity index (χ1v) is 19.6. The molecular formula is C41H48N10O4. The Morgan fingerprint density at radius 2 is 1.71 bits per heavy atom. The van der Waals surface area contributed by atoms with Gasteiger partial charge in [-0.15, -0.1) is 0 Å². The lowest BCUT2D eigenvalue weighted by Gasteiger charge is -2.46. The van der Waals surface area contributed by atoms with Gasteiger partial charge < -0.3 is 19.7 Å². The lowest BCUT2D eigenvalue weighted by molar-refractivity contribution is -0.136. The Bertz CT molecular complexity index is 2200. The molecule has 4 aliphatic heterocycles. The van der Waals surface area contributed by atoms with Crippen LogP contribution in [-0.2, 0) is 19.8 Å². The molecule has 7 heterocycles. The summed E-state index contributed by atoms with van der Waals surface area (Å²) in [6.45, 7) is 7.58. The minimum atomic E-state index is -0.791. The summed E-state index contributed by atoms with van der Waals surface area (Å²) in [7, 11) is 3.56. The standard InChI is InChI=1S/C41H48N10O4/c1-41(2)35-29(10-7-11-30(35)51(39(41)55)31-13-15-34(52)45-37(31)53)49-22-28(23-49)48-17-16-25(21-48)24-12-14-33(42-19-24)44-40-43-20-26-18-32(38(54)47(3)4)50(36(26)46-40)27-8-5-6-9-27/h7,10-12,14,18-20,25,27-28,31H,5-6,8-9,13,15-17,21-23H2,1-4H3,(H,45,52,53)(H,42,43,44,46)/t25-,31-/m0/s1. The van der Waals surface area contributed by atoms with Gasteiger partial charge in [0.05, 0.1) is 11.1 Å². The Labute approximate surface area is 320 Å². The molecule has 5 aliphatic rings. The second-order valence-corrected chi connectivity index (χ2v) is 16.6. The van der Waals surface area contributed by atoms with Gasteiger partial charge in [-0.25, -0.2) is 9.97 Å². The van der Waals surface area contributed by atoms with Crippen molar-refractivity contribution in [1.29, 1.82) is 0 Å². The SMILES string of the molecule is CN(C)C(=O)c1cc2cnc(Nc3ccc([C@H]4CCN(C5CN(c6cccc7c6C(C)(C)C(=O)N7[C@H]6CCC(=O)NC6=O)C5)C4)cn3)nc2n1C1CCCC1. The number of pyridine rings is 1. The predicted molar refractivity (Wildman–Crippen MR) is 209 cm³/mol. The number of piperidine rings is 1. The van der Waals surface area contributed by atoms with E-state index in [9.17, 15) is 19.2 Å². The van der Waals surface area contributed by atoms with E-state index in [0.29, 0.717) is 35.8 Å². The molecule has 0 bridgehead atoms. The summed E-state index contributed by atoms with van der Waals surface area (Å²) >= 11 is 0. The molecule has 286 valence electrons. The quantitative estimate of drug-likeness (QED) is 0.247. The zero-order valence-corrected chi connectivity index (χ0v) is 31.9. The molecular weight excluding hydrogens is 697 g/mol. The summed E-state index contributed by atoms with van der Waals surface area (Å²) in [6.07, 6.45) is 9.72. The molecule has 1 aliphatic carbocycles. The van der Waals surface area contributed by atoms with Gasteiger partial charge in [-0.2, -0.15) is 4.98 Å². The highest BCUT2D eigenvalue weighted by molar-refractivity contribution is 6.14. The van der Waals surface area contributed by atoms with Crippen LogP contribution in [0.1, 0.15) is 92.4 Å². The second-order valence-electron chi connectivity index (χ2n) is 16.6. The Morgan fingerprint density at radius 3 is 2.44 bits per heavy atom. The zero-order valence-electron chi connectivity index (χ0n) is 31.9. The Kier molecular flexibility index (Phi) is 8.63. The summed E-state index contributed by atoms with van der Waals surface area (Å²) in [5.41, 5.74) is 4.62. The summed E-state index contributed by atoms with van der Waals surface area (Å²) in [5, 5.41) is 6.57. The topological polar surface area (TPSA) is 149 Å². The van der Waals surface area contributed by atoms with Crippen LogP contribution in [0.15, 0.2) is 48.8 Å². The fraction of sp³-hybridized carbons (Fsp3) is 0.488. The molecule has 3 saturated heterocycles. The number of benzene rings is 1. The first-order chi connectivity index (χ1) is 26.5. The van der Waals surface area contributed by atoms with Gasteiger partial charge in [-0.3, -0.25) is 34.3 Å². The summed E-state index contributed by atoms with van der Waals surface area (Å²) in [5.74, 6) is 0.678. The monoisotopic (exact) mass is 744 g/mol. The van der Waals surface area contributed by atoms with Crippen LogP contribution in [0.2, 0.25) is 0 Å². The van der Waals surface area contributed by atoms with Crippen LogP contribution in [0.25, 0.3) is 11.0 Å². The number of nitrogens with zero attached hydrogens (tertiary/aromatic N) is 8. The number of aromatic nitrogens is 4. The first kappa shape index (κ1) is 35.3. The molecule has 0 unspecified atom stereocenters. The molecule has 0 spiro atoms. The third kappa shape index (κ3) is 6.01. The predicted octanol–water partition coefficient (Wildman–Crippen LogP) is 4.49. The van der Waals surface area contributed by atoms with Crippen molar-refractivity contribution in [2.75, 3.05) is 55.4 Å². The number of hydrogen-bond acceptors (Lipinski definition) is 10. The van der Waals surface area contributed by atoms with E-state index >= 15 is 0 Å². The van der Waals surface area contributed by atoms with Crippen molar-refractivity contribution >= 4 is 57.8 Å². The Balaban J connectivity index is 0.850. The van der Waals surface area contributed by atoms with E-state index in [2.05, 4.69) is 42.1 Å². The van der Waals surface area contributed by atoms with Crippen molar-refractivity contribution < 1.29 is 19.2 Å². The smallest absolute Gasteiger partial charge is 0.270 e. The largest absolute Gasteiger partial charge is 0.368 e. The molecule has 1 aromatic carbocycles. The van der Waals surface area contributed by atoms with E-state index in [1.54, 1.807) is 30.1 Å². The van der Waals surface area contributed by atoms with Gasteiger partial charge in [0.2, 0.25) is 23.7 Å². The number of amides is 4. The molecule has 9 rings (SSSR count). The second kappa shape index (κ2) is 13.4. The van der Waals surface area contributed by atoms with E-state index < -0.39 is 17.4 Å². The van der Waals surface area contributed by atoms with Gasteiger partial charge in [0.1, 0.15) is 23.2 Å². The maximum atomic E-state index is 13.8. The summed E-state index contributed by atoms with van der Waals surface area (Å²) < 4.78 is 2.12. The molecule has 4 fully saturated rings. The molecule has 2 atom stereocenters. The maximum absolute atomic E-state index is 13.8. The van der Waals surface area contributed by atoms with Crippen molar-refractivity contribution in [2.24, 2.45) is 0 Å². The molecule has 4 aromatic rings. The normalized spacial score (nSPS) is 23.0.